The van der Waals surface area contributed by atoms with Crippen LogP contribution in [-0.4, -0.2) is 49.3 Å². The van der Waals surface area contributed by atoms with Crippen molar-refractivity contribution in [1.29, 1.82) is 0 Å². The van der Waals surface area contributed by atoms with E-state index in [0.717, 1.165) is 19.8 Å². The molecule has 1 heterocycles. The van der Waals surface area contributed by atoms with Gasteiger partial charge in [-0.3, -0.25) is 4.90 Å². The predicted octanol–water partition coefficient (Wildman–Crippen LogP) is 2.90. The van der Waals surface area contributed by atoms with Crippen LogP contribution >= 0.6 is 0 Å². The Kier molecular flexibility index (Phi) is 7.96. The summed E-state index contributed by atoms with van der Waals surface area (Å²) in [4.78, 5) is 2.67. The van der Waals surface area contributed by atoms with E-state index in [1.165, 1.54) is 25.8 Å². The van der Waals surface area contributed by atoms with E-state index >= 15 is 0 Å². The molecular formula is C16H34N2O. The van der Waals surface area contributed by atoms with Gasteiger partial charge in [-0.15, -0.1) is 0 Å². The molecule has 3 nitrogen and oxygen atoms in total. The molecule has 0 radical (unpaired) electrons. The fourth-order valence-electron chi connectivity index (χ4n) is 3.13. The van der Waals surface area contributed by atoms with Crippen molar-refractivity contribution in [2.45, 2.75) is 72.0 Å². The first-order valence-corrected chi connectivity index (χ1v) is 8.16. The van der Waals surface area contributed by atoms with E-state index in [9.17, 15) is 0 Å². The molecule has 0 aromatic carbocycles. The average Bonchev–Trinajstić information content (AvgIpc) is 2.38. The molecule has 1 N–H and O–H groups in total. The van der Waals surface area contributed by atoms with Gasteiger partial charge in [-0.2, -0.15) is 0 Å². The molecule has 3 heteroatoms. The molecule has 1 saturated heterocycles. The Balaban J connectivity index is 2.49. The molecule has 19 heavy (non-hydrogen) atoms. The van der Waals surface area contributed by atoms with Crippen molar-refractivity contribution >= 4 is 0 Å². The first-order valence-electron chi connectivity index (χ1n) is 8.16. The van der Waals surface area contributed by atoms with Crippen LogP contribution in [0.2, 0.25) is 0 Å². The number of piperidine rings is 1. The number of ether oxygens (including phenoxy) is 1. The summed E-state index contributed by atoms with van der Waals surface area (Å²) < 4.78 is 5.69. The highest BCUT2D eigenvalue weighted by atomic mass is 16.5. The van der Waals surface area contributed by atoms with Crippen molar-refractivity contribution in [3.63, 3.8) is 0 Å². The van der Waals surface area contributed by atoms with Gasteiger partial charge in [0.05, 0.1) is 6.61 Å². The maximum absolute atomic E-state index is 5.69. The van der Waals surface area contributed by atoms with Gasteiger partial charge in [0.1, 0.15) is 0 Å². The molecular weight excluding hydrogens is 236 g/mol. The fraction of sp³-hybridized carbons (Fsp3) is 1.00. The molecule has 0 spiro atoms. The molecule has 1 fully saturated rings. The third-order valence-electron chi connectivity index (χ3n) is 4.30. The minimum absolute atomic E-state index is 0.571. The zero-order valence-corrected chi connectivity index (χ0v) is 13.6. The van der Waals surface area contributed by atoms with Gasteiger partial charge >= 0.3 is 0 Å². The average molecular weight is 270 g/mol. The van der Waals surface area contributed by atoms with E-state index in [2.05, 4.69) is 44.8 Å². The number of rotatable bonds is 8. The summed E-state index contributed by atoms with van der Waals surface area (Å²) in [6.45, 7) is 15.4. The quantitative estimate of drug-likeness (QED) is 0.734. The zero-order chi connectivity index (χ0) is 14.3. The lowest BCUT2D eigenvalue weighted by Gasteiger charge is -2.44. The second-order valence-corrected chi connectivity index (χ2v) is 6.23. The second-order valence-electron chi connectivity index (χ2n) is 6.23. The zero-order valence-electron chi connectivity index (χ0n) is 13.6. The summed E-state index contributed by atoms with van der Waals surface area (Å²) in [6, 6.07) is 1.95. The Morgan fingerprint density at radius 1 is 1.32 bits per heavy atom. The molecule has 3 atom stereocenters. The standard InChI is InChI=1S/C16H34N2O/c1-6-9-17-15-8-10-18(14(5)11-15)16(13(3)4)12-19-7-2/h13-17H,6-12H2,1-5H3. The molecule has 3 unspecified atom stereocenters. The van der Waals surface area contributed by atoms with Crippen LogP contribution in [0.25, 0.3) is 0 Å². The molecule has 0 saturated carbocycles. The minimum atomic E-state index is 0.571. The summed E-state index contributed by atoms with van der Waals surface area (Å²) in [7, 11) is 0. The highest BCUT2D eigenvalue weighted by Crippen LogP contribution is 2.23. The SMILES string of the molecule is CCCNC1CCN(C(COCC)C(C)C)C(C)C1. The molecule has 114 valence electrons. The molecule has 0 amide bonds. The molecule has 0 bridgehead atoms. The van der Waals surface area contributed by atoms with Crippen LogP contribution < -0.4 is 5.32 Å². The first-order chi connectivity index (χ1) is 9.10. The Morgan fingerprint density at radius 2 is 2.05 bits per heavy atom. The smallest absolute Gasteiger partial charge is 0.0624 e. The highest BCUT2D eigenvalue weighted by Gasteiger charge is 2.31. The van der Waals surface area contributed by atoms with Crippen molar-refractivity contribution < 1.29 is 4.74 Å². The van der Waals surface area contributed by atoms with Crippen LogP contribution in [0.4, 0.5) is 0 Å². The van der Waals surface area contributed by atoms with E-state index in [1.807, 2.05) is 0 Å². The number of likely N-dealkylation sites (tertiary alicyclic amines) is 1. The van der Waals surface area contributed by atoms with Gasteiger partial charge in [0.15, 0.2) is 0 Å². The summed E-state index contributed by atoms with van der Waals surface area (Å²) >= 11 is 0. The maximum atomic E-state index is 5.69. The van der Waals surface area contributed by atoms with Gasteiger partial charge in [0.25, 0.3) is 0 Å². The number of hydrogen-bond donors (Lipinski definition) is 1. The van der Waals surface area contributed by atoms with Crippen LogP contribution in [0, 0.1) is 5.92 Å². The van der Waals surface area contributed by atoms with Crippen molar-refractivity contribution in [1.82, 2.24) is 10.2 Å². The monoisotopic (exact) mass is 270 g/mol. The highest BCUT2D eigenvalue weighted by molar-refractivity contribution is 4.88. The number of hydrogen-bond acceptors (Lipinski definition) is 3. The van der Waals surface area contributed by atoms with Gasteiger partial charge in [-0.05, 0) is 45.6 Å². The third kappa shape index (κ3) is 5.41. The lowest BCUT2D eigenvalue weighted by Crippen LogP contribution is -2.54. The Morgan fingerprint density at radius 3 is 2.58 bits per heavy atom. The van der Waals surface area contributed by atoms with E-state index < -0.39 is 0 Å². The van der Waals surface area contributed by atoms with Crippen LogP contribution in [0.3, 0.4) is 0 Å². The maximum Gasteiger partial charge on any atom is 0.0624 e. The molecule has 1 aliphatic heterocycles. The van der Waals surface area contributed by atoms with Gasteiger partial charge in [0.2, 0.25) is 0 Å². The van der Waals surface area contributed by atoms with Crippen molar-refractivity contribution in [3.05, 3.63) is 0 Å². The molecule has 0 aromatic heterocycles. The van der Waals surface area contributed by atoms with Crippen LogP contribution in [-0.2, 0) is 4.74 Å². The Bertz CT molecular complexity index is 233. The lowest BCUT2D eigenvalue weighted by molar-refractivity contribution is 0.00487. The summed E-state index contributed by atoms with van der Waals surface area (Å²) in [5.74, 6) is 0.661. The topological polar surface area (TPSA) is 24.5 Å². The number of nitrogens with zero attached hydrogens (tertiary/aromatic N) is 1. The largest absolute Gasteiger partial charge is 0.380 e. The molecule has 0 aromatic rings. The summed E-state index contributed by atoms with van der Waals surface area (Å²) in [6.07, 6.45) is 3.78. The number of nitrogens with one attached hydrogen (secondary N) is 1. The molecule has 1 aliphatic rings. The van der Waals surface area contributed by atoms with E-state index in [-0.39, 0.29) is 0 Å². The van der Waals surface area contributed by atoms with Gasteiger partial charge in [-0.1, -0.05) is 20.8 Å². The first kappa shape index (κ1) is 16.9. The lowest BCUT2D eigenvalue weighted by atomic mass is 9.93. The Hall–Kier alpha value is -0.120. The summed E-state index contributed by atoms with van der Waals surface area (Å²) in [5, 5.41) is 3.68. The van der Waals surface area contributed by atoms with Gasteiger partial charge in [-0.25, -0.2) is 0 Å². The summed E-state index contributed by atoms with van der Waals surface area (Å²) in [5.41, 5.74) is 0. The van der Waals surface area contributed by atoms with Gasteiger partial charge < -0.3 is 10.1 Å². The van der Waals surface area contributed by atoms with E-state index in [1.54, 1.807) is 0 Å². The van der Waals surface area contributed by atoms with E-state index in [0.29, 0.717) is 24.0 Å². The van der Waals surface area contributed by atoms with Crippen molar-refractivity contribution in [2.24, 2.45) is 5.92 Å². The molecule has 1 rings (SSSR count). The predicted molar refractivity (Wildman–Crippen MR) is 82.6 cm³/mol. The third-order valence-corrected chi connectivity index (χ3v) is 4.30. The normalized spacial score (nSPS) is 26.8. The minimum Gasteiger partial charge on any atom is -0.380 e. The Labute approximate surface area is 120 Å². The fourth-order valence-corrected chi connectivity index (χ4v) is 3.13. The molecule has 0 aliphatic carbocycles. The van der Waals surface area contributed by atoms with Crippen molar-refractivity contribution in [2.75, 3.05) is 26.3 Å². The van der Waals surface area contributed by atoms with Crippen LogP contribution in [0.15, 0.2) is 0 Å². The van der Waals surface area contributed by atoms with Crippen LogP contribution in [0.1, 0.15) is 53.9 Å². The second kappa shape index (κ2) is 8.93. The van der Waals surface area contributed by atoms with Crippen LogP contribution in [0.5, 0.6) is 0 Å². The van der Waals surface area contributed by atoms with E-state index in [4.69, 9.17) is 4.74 Å². The van der Waals surface area contributed by atoms with Gasteiger partial charge in [0, 0.05) is 31.3 Å². The van der Waals surface area contributed by atoms with Crippen molar-refractivity contribution in [3.8, 4) is 0 Å².